The number of anilines is 2. The van der Waals surface area contributed by atoms with Crippen LogP contribution in [0.5, 0.6) is 5.75 Å². The summed E-state index contributed by atoms with van der Waals surface area (Å²) in [6, 6.07) is 10.2. The number of ether oxygens (including phenoxy) is 1. The van der Waals surface area contributed by atoms with Gasteiger partial charge in [-0.2, -0.15) is 4.31 Å². The second-order valence-electron chi connectivity index (χ2n) is 6.80. The Labute approximate surface area is 184 Å². The first kappa shape index (κ1) is 21.2. The van der Waals surface area contributed by atoms with Gasteiger partial charge in [0.25, 0.3) is 11.7 Å². The van der Waals surface area contributed by atoms with Gasteiger partial charge in [0.2, 0.25) is 10.0 Å². The second kappa shape index (κ2) is 9.00. The molecule has 0 bridgehead atoms. The molecule has 1 amide bonds. The van der Waals surface area contributed by atoms with Gasteiger partial charge in [0.05, 0.1) is 39.5 Å². The monoisotopic (exact) mass is 460 g/mol. The Balaban J connectivity index is 1.55. The highest BCUT2D eigenvalue weighted by Crippen LogP contribution is 2.29. The molecule has 9 nitrogen and oxygen atoms in total. The summed E-state index contributed by atoms with van der Waals surface area (Å²) in [5, 5.41) is 4.85. The lowest BCUT2D eigenvalue weighted by atomic mass is 10.2. The third kappa shape index (κ3) is 4.53. The molecule has 0 spiro atoms. The van der Waals surface area contributed by atoms with Gasteiger partial charge in [-0.3, -0.25) is 15.0 Å². The smallest absolute Gasteiger partial charge is 0.274 e. The zero-order valence-electron chi connectivity index (χ0n) is 16.8. The van der Waals surface area contributed by atoms with Crippen LogP contribution in [0.3, 0.4) is 0 Å². The predicted octanol–water partition coefficient (Wildman–Crippen LogP) is 1.73. The Kier molecular flexibility index (Phi) is 6.16. The van der Waals surface area contributed by atoms with Gasteiger partial charge in [-0.1, -0.05) is 6.07 Å². The van der Waals surface area contributed by atoms with Crippen LogP contribution in [0.1, 0.15) is 10.4 Å². The van der Waals surface area contributed by atoms with Gasteiger partial charge in [-0.15, -0.1) is 11.3 Å². The quantitative estimate of drug-likeness (QED) is 0.601. The summed E-state index contributed by atoms with van der Waals surface area (Å²) in [6.07, 6.45) is 3.42. The molecule has 1 fully saturated rings. The Morgan fingerprint density at radius 3 is 2.65 bits per heavy atom. The highest BCUT2D eigenvalue weighted by atomic mass is 32.2. The van der Waals surface area contributed by atoms with E-state index >= 15 is 0 Å². The average molecular weight is 461 g/mol. The molecule has 11 heteroatoms. The number of pyridine rings is 1. The van der Waals surface area contributed by atoms with E-state index in [0.717, 1.165) is 5.82 Å². The van der Waals surface area contributed by atoms with Crippen molar-refractivity contribution in [1.82, 2.24) is 9.29 Å². The number of amides is 1. The van der Waals surface area contributed by atoms with Gasteiger partial charge >= 0.3 is 0 Å². The predicted molar refractivity (Wildman–Crippen MR) is 117 cm³/mol. The number of thiazole rings is 1. The average Bonchev–Trinajstić information content (AvgIpc) is 3.32. The van der Waals surface area contributed by atoms with Crippen LogP contribution in [0, 0.1) is 0 Å². The zero-order chi connectivity index (χ0) is 21.8. The molecular weight excluding hydrogens is 438 g/mol. The summed E-state index contributed by atoms with van der Waals surface area (Å²) in [4.78, 5) is 21.8. The first-order valence-corrected chi connectivity index (χ1v) is 11.9. The number of hydrogen-bond acceptors (Lipinski definition) is 7. The Morgan fingerprint density at radius 2 is 2.00 bits per heavy atom. The van der Waals surface area contributed by atoms with E-state index in [1.54, 1.807) is 11.6 Å². The topological polar surface area (TPSA) is 106 Å². The van der Waals surface area contributed by atoms with E-state index in [2.05, 4.69) is 20.2 Å². The van der Waals surface area contributed by atoms with E-state index in [4.69, 9.17) is 4.74 Å². The van der Waals surface area contributed by atoms with Gasteiger partial charge < -0.3 is 4.74 Å². The van der Waals surface area contributed by atoms with Crippen molar-refractivity contribution in [2.45, 2.75) is 4.90 Å². The Bertz CT molecular complexity index is 1150. The van der Waals surface area contributed by atoms with Crippen molar-refractivity contribution in [3.05, 3.63) is 59.7 Å². The van der Waals surface area contributed by atoms with Crippen LogP contribution in [0.2, 0.25) is 0 Å². The summed E-state index contributed by atoms with van der Waals surface area (Å²) in [5.74, 6) is 0.709. The fourth-order valence-corrected chi connectivity index (χ4v) is 5.49. The van der Waals surface area contributed by atoms with Crippen molar-refractivity contribution in [2.24, 2.45) is 0 Å². The van der Waals surface area contributed by atoms with Gasteiger partial charge in [0.15, 0.2) is 5.13 Å². The van der Waals surface area contributed by atoms with E-state index in [1.807, 2.05) is 24.4 Å². The molecule has 1 aliphatic rings. The maximum absolute atomic E-state index is 13.4. The van der Waals surface area contributed by atoms with Gasteiger partial charge in [-0.05, 0) is 24.3 Å². The van der Waals surface area contributed by atoms with Crippen LogP contribution in [-0.4, -0.2) is 56.9 Å². The maximum Gasteiger partial charge on any atom is 0.274 e. The number of methoxy groups -OCH3 is 1. The standard InChI is InChI=1S/C20H21N5O4S2/c1-29-16-6-5-15(19(26)23-20-22-8-13-30-20)14-17(16)31(27,28)25-11-9-24(10-12-25)18-4-2-3-7-21-18/h2-8,13-14H,9-12H2,1H3,(H,22,23,26)/p+1. The molecule has 4 rings (SSSR count). The largest absolute Gasteiger partial charge is 0.495 e. The number of H-pyrrole nitrogens is 1. The SMILES string of the molecule is COc1ccc(C(=O)Nc2nccs2)cc1S(=O)(=O)N1CCN(c2cccc[nH+]2)CC1. The molecule has 1 aromatic carbocycles. The van der Waals surface area contributed by atoms with Crippen LogP contribution in [-0.2, 0) is 10.0 Å². The van der Waals surface area contributed by atoms with Crippen molar-refractivity contribution in [3.63, 3.8) is 0 Å². The lowest BCUT2D eigenvalue weighted by Gasteiger charge is -2.30. The van der Waals surface area contributed by atoms with Crippen LogP contribution in [0.4, 0.5) is 10.9 Å². The third-order valence-corrected chi connectivity index (χ3v) is 7.58. The minimum absolute atomic E-state index is 0.0264. The van der Waals surface area contributed by atoms with E-state index in [0.29, 0.717) is 31.3 Å². The van der Waals surface area contributed by atoms with Crippen LogP contribution in [0.25, 0.3) is 0 Å². The first-order chi connectivity index (χ1) is 15.0. The number of aromatic amines is 1. The summed E-state index contributed by atoms with van der Waals surface area (Å²) in [7, 11) is -2.44. The third-order valence-electron chi connectivity index (χ3n) is 4.97. The summed E-state index contributed by atoms with van der Waals surface area (Å²) >= 11 is 1.28. The minimum atomic E-state index is -3.85. The van der Waals surface area contributed by atoms with Crippen molar-refractivity contribution in [3.8, 4) is 5.75 Å². The molecule has 2 N–H and O–H groups in total. The van der Waals surface area contributed by atoms with Crippen molar-refractivity contribution < 1.29 is 22.9 Å². The Hall–Kier alpha value is -3.02. The molecule has 0 unspecified atom stereocenters. The maximum atomic E-state index is 13.4. The number of nitrogens with zero attached hydrogens (tertiary/aromatic N) is 3. The lowest BCUT2D eigenvalue weighted by Crippen LogP contribution is -2.49. The number of aromatic nitrogens is 2. The molecule has 0 aliphatic carbocycles. The van der Waals surface area contributed by atoms with Gasteiger partial charge in [0.1, 0.15) is 10.6 Å². The highest BCUT2D eigenvalue weighted by Gasteiger charge is 2.34. The van der Waals surface area contributed by atoms with Gasteiger partial charge in [-0.25, -0.2) is 18.4 Å². The molecule has 1 saturated heterocycles. The van der Waals surface area contributed by atoms with Gasteiger partial charge in [0, 0.05) is 23.2 Å². The Morgan fingerprint density at radius 1 is 1.19 bits per heavy atom. The molecule has 31 heavy (non-hydrogen) atoms. The normalized spacial score (nSPS) is 14.9. The zero-order valence-corrected chi connectivity index (χ0v) is 18.4. The molecule has 162 valence electrons. The van der Waals surface area contributed by atoms with Crippen LogP contribution >= 0.6 is 11.3 Å². The molecule has 3 aromatic rings. The van der Waals surface area contributed by atoms with E-state index < -0.39 is 15.9 Å². The highest BCUT2D eigenvalue weighted by molar-refractivity contribution is 7.89. The van der Waals surface area contributed by atoms with Crippen molar-refractivity contribution >= 4 is 38.2 Å². The number of benzene rings is 1. The summed E-state index contributed by atoms with van der Waals surface area (Å²) in [6.45, 7) is 1.74. The number of carbonyl (C=O) groups excluding carboxylic acids is 1. The molecule has 0 radical (unpaired) electrons. The number of piperazine rings is 1. The number of hydrogen-bond donors (Lipinski definition) is 1. The van der Waals surface area contributed by atoms with E-state index in [1.165, 1.54) is 41.0 Å². The minimum Gasteiger partial charge on any atom is -0.495 e. The first-order valence-electron chi connectivity index (χ1n) is 9.60. The van der Waals surface area contributed by atoms with E-state index in [-0.39, 0.29) is 16.2 Å². The summed E-state index contributed by atoms with van der Waals surface area (Å²) in [5.41, 5.74) is 0.215. The molecule has 2 aromatic heterocycles. The van der Waals surface area contributed by atoms with Crippen molar-refractivity contribution in [2.75, 3.05) is 43.5 Å². The van der Waals surface area contributed by atoms with E-state index in [9.17, 15) is 13.2 Å². The van der Waals surface area contributed by atoms with Crippen LogP contribution < -0.4 is 19.9 Å². The number of rotatable bonds is 6. The fraction of sp³-hybridized carbons (Fsp3) is 0.250. The fourth-order valence-electron chi connectivity index (χ4n) is 3.36. The van der Waals surface area contributed by atoms with Crippen molar-refractivity contribution in [1.29, 1.82) is 0 Å². The molecule has 1 aliphatic heterocycles. The second-order valence-corrected chi connectivity index (χ2v) is 9.60. The molecule has 0 saturated carbocycles. The van der Waals surface area contributed by atoms with Crippen LogP contribution in [0.15, 0.2) is 59.1 Å². The number of carbonyl (C=O) groups is 1. The molecule has 3 heterocycles. The number of sulfonamides is 1. The molecule has 0 atom stereocenters. The summed E-state index contributed by atoms with van der Waals surface area (Å²) < 4.78 is 33.5. The number of nitrogens with one attached hydrogen (secondary N) is 2. The lowest BCUT2D eigenvalue weighted by molar-refractivity contribution is -0.364. The molecular formula is C20H22N5O4S2+.